The molecule has 9 heteroatoms. The zero-order valence-electron chi connectivity index (χ0n) is 19.8. The normalized spacial score (nSPS) is 13.5. The number of fused-ring (bicyclic) bond motifs is 3. The Bertz CT molecular complexity index is 1210. The quantitative estimate of drug-likeness (QED) is 0.476. The second-order valence-corrected chi connectivity index (χ2v) is 9.58. The summed E-state index contributed by atoms with van der Waals surface area (Å²) in [6.45, 7) is 5.30. The third-order valence-electron chi connectivity index (χ3n) is 5.93. The van der Waals surface area contributed by atoms with Crippen LogP contribution < -0.4 is 10.6 Å². The van der Waals surface area contributed by atoms with Gasteiger partial charge in [-0.15, -0.1) is 0 Å². The Hall–Kier alpha value is -4.14. The highest BCUT2D eigenvalue weighted by Crippen LogP contribution is 2.44. The number of alkyl carbamates (subject to hydrolysis) is 1. The molecule has 1 aliphatic carbocycles. The zero-order chi connectivity index (χ0) is 25.2. The van der Waals surface area contributed by atoms with E-state index in [9.17, 15) is 14.4 Å². The highest BCUT2D eigenvalue weighted by Gasteiger charge is 2.34. The van der Waals surface area contributed by atoms with Gasteiger partial charge in [0.15, 0.2) is 0 Å². The molecular formula is C26H28N4O5. The van der Waals surface area contributed by atoms with Gasteiger partial charge in [0.25, 0.3) is 0 Å². The minimum atomic E-state index is -1.05. The Labute approximate surface area is 203 Å². The Kier molecular flexibility index (Phi) is 6.59. The fourth-order valence-electron chi connectivity index (χ4n) is 4.30. The SMILES string of the molecule is CC(C)(C)[C@@H](NC(=O)OCC1c2ccccc2-c2ccccc21)C(=O)Nc1cnn(CC(=O)O)c1. The molecule has 4 rings (SSSR count). The molecule has 1 aliphatic rings. The first-order chi connectivity index (χ1) is 16.6. The molecule has 0 saturated heterocycles. The summed E-state index contributed by atoms with van der Waals surface area (Å²) < 4.78 is 6.80. The lowest BCUT2D eigenvalue weighted by atomic mass is 9.86. The van der Waals surface area contributed by atoms with Crippen molar-refractivity contribution < 1.29 is 24.2 Å². The lowest BCUT2D eigenvalue weighted by molar-refractivity contribution is -0.137. The number of rotatable bonds is 7. The fraction of sp³-hybridized carbons (Fsp3) is 0.308. The van der Waals surface area contributed by atoms with Crippen LogP contribution in [0.4, 0.5) is 10.5 Å². The number of carbonyl (C=O) groups is 3. The van der Waals surface area contributed by atoms with E-state index in [0.717, 1.165) is 22.3 Å². The van der Waals surface area contributed by atoms with Crippen LogP contribution in [0, 0.1) is 5.41 Å². The van der Waals surface area contributed by atoms with Crippen molar-refractivity contribution in [1.29, 1.82) is 0 Å². The van der Waals surface area contributed by atoms with E-state index in [1.807, 2.05) is 57.2 Å². The van der Waals surface area contributed by atoms with E-state index < -0.39 is 29.4 Å². The van der Waals surface area contributed by atoms with Crippen molar-refractivity contribution >= 4 is 23.7 Å². The average Bonchev–Trinajstić information content (AvgIpc) is 3.36. The topological polar surface area (TPSA) is 123 Å². The summed E-state index contributed by atoms with van der Waals surface area (Å²) >= 11 is 0. The van der Waals surface area contributed by atoms with Crippen LogP contribution in [-0.2, 0) is 20.9 Å². The first-order valence-corrected chi connectivity index (χ1v) is 11.3. The molecule has 0 unspecified atom stereocenters. The maximum Gasteiger partial charge on any atom is 0.407 e. The van der Waals surface area contributed by atoms with Crippen LogP contribution in [0.1, 0.15) is 37.8 Å². The van der Waals surface area contributed by atoms with E-state index in [-0.39, 0.29) is 19.1 Å². The third kappa shape index (κ3) is 5.34. The predicted octanol–water partition coefficient (Wildman–Crippen LogP) is 3.86. The van der Waals surface area contributed by atoms with Crippen LogP contribution in [0.5, 0.6) is 0 Å². The molecule has 35 heavy (non-hydrogen) atoms. The molecule has 3 N–H and O–H groups in total. The second kappa shape index (κ2) is 9.61. The van der Waals surface area contributed by atoms with Gasteiger partial charge in [-0.25, -0.2) is 4.79 Å². The summed E-state index contributed by atoms with van der Waals surface area (Å²) in [5, 5.41) is 18.2. The highest BCUT2D eigenvalue weighted by molar-refractivity contribution is 5.97. The van der Waals surface area contributed by atoms with Gasteiger partial charge >= 0.3 is 12.1 Å². The zero-order valence-corrected chi connectivity index (χ0v) is 19.8. The van der Waals surface area contributed by atoms with Crippen LogP contribution in [0.25, 0.3) is 11.1 Å². The van der Waals surface area contributed by atoms with Gasteiger partial charge in [0, 0.05) is 12.1 Å². The molecule has 0 radical (unpaired) electrons. The first-order valence-electron chi connectivity index (χ1n) is 11.3. The first kappa shape index (κ1) is 24.0. The number of carboxylic acids is 1. The number of carboxylic acid groups (broad SMARTS) is 1. The number of carbonyl (C=O) groups excluding carboxylic acids is 2. The number of hydrogen-bond acceptors (Lipinski definition) is 5. The lowest BCUT2D eigenvalue weighted by Gasteiger charge is -2.30. The largest absolute Gasteiger partial charge is 0.480 e. The average molecular weight is 477 g/mol. The molecule has 2 amide bonds. The number of aromatic nitrogens is 2. The summed E-state index contributed by atoms with van der Waals surface area (Å²) in [5.41, 5.74) is 4.18. The van der Waals surface area contributed by atoms with Crippen LogP contribution in [-0.4, -0.2) is 45.5 Å². The van der Waals surface area contributed by atoms with Crippen molar-refractivity contribution in [3.05, 3.63) is 72.1 Å². The van der Waals surface area contributed by atoms with Crippen molar-refractivity contribution in [3.8, 4) is 11.1 Å². The minimum absolute atomic E-state index is 0.0878. The van der Waals surface area contributed by atoms with E-state index in [1.165, 1.54) is 17.1 Å². The molecule has 0 spiro atoms. The third-order valence-corrected chi connectivity index (χ3v) is 5.93. The van der Waals surface area contributed by atoms with Gasteiger partial charge in [-0.1, -0.05) is 69.3 Å². The summed E-state index contributed by atoms with van der Waals surface area (Å²) in [7, 11) is 0. The number of aliphatic carboxylic acids is 1. The second-order valence-electron chi connectivity index (χ2n) is 9.58. The van der Waals surface area contributed by atoms with Crippen LogP contribution in [0.2, 0.25) is 0 Å². The summed E-state index contributed by atoms with van der Waals surface area (Å²) in [6, 6.07) is 15.2. The van der Waals surface area contributed by atoms with Crippen molar-refractivity contribution in [2.75, 3.05) is 11.9 Å². The number of anilines is 1. The molecule has 0 saturated carbocycles. The van der Waals surface area contributed by atoms with Gasteiger partial charge in [0.05, 0.1) is 11.9 Å². The van der Waals surface area contributed by atoms with Crippen molar-refractivity contribution in [3.63, 3.8) is 0 Å². The van der Waals surface area contributed by atoms with Crippen LogP contribution >= 0.6 is 0 Å². The standard InChI is InChI=1S/C26H28N4O5/c1-26(2,3)23(24(33)28-16-12-27-30(13-16)14-22(31)32)29-25(34)35-15-21-19-10-6-4-8-17(19)18-9-5-7-11-20(18)21/h4-13,21,23H,14-15H2,1-3H3,(H,28,33)(H,29,34)(H,31,32)/t23-/m0/s1. The van der Waals surface area contributed by atoms with E-state index in [0.29, 0.717) is 5.69 Å². The number of nitrogens with zero attached hydrogens (tertiary/aromatic N) is 2. The van der Waals surface area contributed by atoms with Crippen LogP contribution in [0.15, 0.2) is 60.9 Å². The summed E-state index contributed by atoms with van der Waals surface area (Å²) in [5.74, 6) is -1.59. The van der Waals surface area contributed by atoms with Gasteiger partial charge in [0.1, 0.15) is 19.2 Å². The summed E-state index contributed by atoms with van der Waals surface area (Å²) in [4.78, 5) is 36.6. The number of hydrogen-bond donors (Lipinski definition) is 3. The van der Waals surface area contributed by atoms with E-state index >= 15 is 0 Å². The maximum absolute atomic E-state index is 13.0. The van der Waals surface area contributed by atoms with Gasteiger partial charge in [-0.05, 0) is 27.7 Å². The van der Waals surface area contributed by atoms with Gasteiger partial charge in [0.2, 0.25) is 5.91 Å². The lowest BCUT2D eigenvalue weighted by Crippen LogP contribution is -2.51. The molecule has 3 aromatic rings. The van der Waals surface area contributed by atoms with E-state index in [2.05, 4.69) is 27.9 Å². The Morgan fingerprint density at radius 1 is 1.06 bits per heavy atom. The smallest absolute Gasteiger partial charge is 0.407 e. The molecule has 0 aliphatic heterocycles. The monoisotopic (exact) mass is 476 g/mol. The molecule has 1 heterocycles. The summed E-state index contributed by atoms with van der Waals surface area (Å²) in [6.07, 6.45) is 2.08. The van der Waals surface area contributed by atoms with Gasteiger partial charge < -0.3 is 20.5 Å². The number of benzene rings is 2. The number of ether oxygens (including phenoxy) is 1. The van der Waals surface area contributed by atoms with Crippen molar-refractivity contribution in [2.24, 2.45) is 5.41 Å². The highest BCUT2D eigenvalue weighted by atomic mass is 16.5. The van der Waals surface area contributed by atoms with Crippen molar-refractivity contribution in [2.45, 2.75) is 39.3 Å². The number of nitrogens with one attached hydrogen (secondary N) is 2. The Morgan fingerprint density at radius 2 is 1.66 bits per heavy atom. The fourth-order valence-corrected chi connectivity index (χ4v) is 4.30. The Morgan fingerprint density at radius 3 is 2.23 bits per heavy atom. The predicted molar refractivity (Wildman–Crippen MR) is 130 cm³/mol. The molecule has 2 aromatic carbocycles. The maximum atomic E-state index is 13.0. The number of amides is 2. The van der Waals surface area contributed by atoms with E-state index in [1.54, 1.807) is 0 Å². The van der Waals surface area contributed by atoms with Gasteiger partial charge in [-0.2, -0.15) is 5.10 Å². The van der Waals surface area contributed by atoms with E-state index in [4.69, 9.17) is 9.84 Å². The molecule has 0 bridgehead atoms. The Balaban J connectivity index is 1.42. The van der Waals surface area contributed by atoms with Crippen molar-refractivity contribution in [1.82, 2.24) is 15.1 Å². The molecule has 9 nitrogen and oxygen atoms in total. The molecule has 1 aromatic heterocycles. The molecule has 1 atom stereocenters. The van der Waals surface area contributed by atoms with Crippen LogP contribution in [0.3, 0.4) is 0 Å². The molecule has 0 fully saturated rings. The van der Waals surface area contributed by atoms with Gasteiger partial charge in [-0.3, -0.25) is 14.3 Å². The molecular weight excluding hydrogens is 448 g/mol. The molecule has 182 valence electrons. The minimum Gasteiger partial charge on any atom is -0.480 e.